The Balaban J connectivity index is 2.03. The van der Waals surface area contributed by atoms with E-state index in [0.29, 0.717) is 25.3 Å². The Labute approximate surface area is 135 Å². The van der Waals surface area contributed by atoms with Gasteiger partial charge in [-0.15, -0.1) is 0 Å². The molecule has 128 valence electrons. The van der Waals surface area contributed by atoms with E-state index < -0.39 is 21.8 Å². The quantitative estimate of drug-likeness (QED) is 0.566. The summed E-state index contributed by atoms with van der Waals surface area (Å²) in [7, 11) is -4.28. The maximum atomic E-state index is 12.1. The van der Waals surface area contributed by atoms with Crippen molar-refractivity contribution in [3.8, 4) is 5.75 Å². The summed E-state index contributed by atoms with van der Waals surface area (Å²) in [5.41, 5.74) is -1.93. The number of unbranched alkanes of at least 4 members (excludes halogenated alkanes) is 1. The van der Waals surface area contributed by atoms with Crippen LogP contribution in [0.15, 0.2) is 29.2 Å². The molecule has 0 saturated carbocycles. The van der Waals surface area contributed by atoms with E-state index in [1.54, 1.807) is 0 Å². The van der Waals surface area contributed by atoms with Crippen LogP contribution in [0, 0.1) is 0 Å². The summed E-state index contributed by atoms with van der Waals surface area (Å²) >= 11 is 0. The lowest BCUT2D eigenvalue weighted by Gasteiger charge is -2.19. The minimum absolute atomic E-state index is 0.117. The molecular formula is C15H21NO6S. The highest BCUT2D eigenvalue weighted by atomic mass is 32.2. The molecule has 2 rings (SSSR count). The third-order valence-corrected chi connectivity index (χ3v) is 4.76. The Morgan fingerprint density at radius 2 is 2.04 bits per heavy atom. The smallest absolute Gasteiger partial charge is 0.369 e. The molecule has 1 aliphatic heterocycles. The molecule has 1 aromatic rings. The summed E-state index contributed by atoms with van der Waals surface area (Å²) in [6.45, 7) is 3.02. The van der Waals surface area contributed by atoms with Gasteiger partial charge in [0, 0.05) is 6.42 Å². The molecule has 8 heteroatoms. The third kappa shape index (κ3) is 4.43. The average molecular weight is 343 g/mol. The minimum Gasteiger partial charge on any atom is -0.494 e. The molecule has 1 heterocycles. The van der Waals surface area contributed by atoms with Gasteiger partial charge in [0.25, 0.3) is 0 Å². The van der Waals surface area contributed by atoms with Gasteiger partial charge in [0.2, 0.25) is 5.72 Å². The number of nitrogens with one attached hydrogen (secondary N) is 1. The molecule has 1 aromatic carbocycles. The number of carbonyl (C=O) groups excluding carboxylic acids is 1. The van der Waals surface area contributed by atoms with Crippen LogP contribution in [0.4, 0.5) is 0 Å². The van der Waals surface area contributed by atoms with Gasteiger partial charge >= 0.3 is 16.1 Å². The maximum Gasteiger partial charge on any atom is 0.369 e. The number of carbonyl (C=O) groups is 1. The molecular weight excluding hydrogens is 322 g/mol. The molecule has 0 amide bonds. The second kappa shape index (κ2) is 7.29. The van der Waals surface area contributed by atoms with Gasteiger partial charge in [-0.3, -0.25) is 5.32 Å². The van der Waals surface area contributed by atoms with E-state index in [1.165, 1.54) is 24.3 Å². The van der Waals surface area contributed by atoms with E-state index in [1.807, 2.05) is 6.92 Å². The zero-order valence-electron chi connectivity index (χ0n) is 12.9. The zero-order chi connectivity index (χ0) is 16.9. The van der Waals surface area contributed by atoms with Crippen molar-refractivity contribution in [2.75, 3.05) is 13.2 Å². The fourth-order valence-corrected chi connectivity index (χ4v) is 3.06. The van der Waals surface area contributed by atoms with E-state index in [-0.39, 0.29) is 11.3 Å². The van der Waals surface area contributed by atoms with Gasteiger partial charge in [0.15, 0.2) is 0 Å². The van der Waals surface area contributed by atoms with Crippen LogP contribution in [-0.4, -0.2) is 38.4 Å². The van der Waals surface area contributed by atoms with Crippen molar-refractivity contribution in [1.29, 1.82) is 0 Å². The predicted molar refractivity (Wildman–Crippen MR) is 82.3 cm³/mol. The lowest BCUT2D eigenvalue weighted by molar-refractivity contribution is -0.156. The first-order valence-corrected chi connectivity index (χ1v) is 8.97. The number of ether oxygens (including phenoxy) is 1. The molecule has 0 bridgehead atoms. The summed E-state index contributed by atoms with van der Waals surface area (Å²) in [4.78, 5) is 11.7. The van der Waals surface area contributed by atoms with Crippen LogP contribution in [0.1, 0.15) is 32.6 Å². The molecule has 2 N–H and O–H groups in total. The average Bonchev–Trinajstić information content (AvgIpc) is 2.96. The van der Waals surface area contributed by atoms with Gasteiger partial charge in [-0.2, -0.15) is 8.42 Å². The number of hydrogen-bond acceptors (Lipinski definition) is 7. The van der Waals surface area contributed by atoms with Gasteiger partial charge in [-0.1, -0.05) is 13.3 Å². The van der Waals surface area contributed by atoms with E-state index in [9.17, 15) is 18.3 Å². The summed E-state index contributed by atoms with van der Waals surface area (Å²) in [6, 6.07) is 5.60. The Morgan fingerprint density at radius 1 is 1.35 bits per heavy atom. The van der Waals surface area contributed by atoms with Crippen molar-refractivity contribution in [2.45, 2.75) is 43.2 Å². The Bertz CT molecular complexity index is 634. The highest BCUT2D eigenvalue weighted by Gasteiger charge is 2.42. The van der Waals surface area contributed by atoms with Crippen molar-refractivity contribution in [3.05, 3.63) is 24.3 Å². The van der Waals surface area contributed by atoms with Crippen molar-refractivity contribution < 1.29 is 27.2 Å². The molecule has 0 spiro atoms. The molecule has 0 aromatic heterocycles. The number of hydrogen-bond donors (Lipinski definition) is 2. The molecule has 0 aliphatic carbocycles. The lowest BCUT2D eigenvalue weighted by Crippen LogP contribution is -2.49. The maximum absolute atomic E-state index is 12.1. The second-order valence-electron chi connectivity index (χ2n) is 5.39. The topological polar surface area (TPSA) is 102 Å². The standard InChI is InChI=1S/C15H21NO6S/c1-2-3-11-21-12-5-7-13(8-6-12)23(19,20)22-14(17)15(18)9-4-10-16-15/h5-8,16,18H,2-4,9-11H2,1H3/t15-/m0/s1. The summed E-state index contributed by atoms with van der Waals surface area (Å²) in [5, 5.41) is 12.5. The fourth-order valence-electron chi connectivity index (χ4n) is 2.16. The first-order valence-electron chi connectivity index (χ1n) is 7.56. The SMILES string of the molecule is CCCCOc1ccc(S(=O)(=O)OC(=O)[C@@]2(O)CCCN2)cc1. The molecule has 23 heavy (non-hydrogen) atoms. The van der Waals surface area contributed by atoms with Gasteiger partial charge in [-0.25, -0.2) is 4.79 Å². The number of benzene rings is 1. The summed E-state index contributed by atoms with van der Waals surface area (Å²) in [6.07, 6.45) is 2.59. The van der Waals surface area contributed by atoms with Crippen LogP contribution < -0.4 is 10.1 Å². The Morgan fingerprint density at radius 3 is 2.61 bits per heavy atom. The monoisotopic (exact) mass is 343 g/mol. The largest absolute Gasteiger partial charge is 0.494 e. The molecule has 1 fully saturated rings. The number of rotatable bonds is 7. The summed E-state index contributed by atoms with van der Waals surface area (Å²) in [5.74, 6) is -0.668. The second-order valence-corrected chi connectivity index (χ2v) is 6.94. The highest BCUT2D eigenvalue weighted by Crippen LogP contribution is 2.22. The molecule has 0 radical (unpaired) electrons. The van der Waals surface area contributed by atoms with Gasteiger partial charge in [-0.05, 0) is 43.7 Å². The van der Waals surface area contributed by atoms with Crippen molar-refractivity contribution in [1.82, 2.24) is 5.32 Å². The van der Waals surface area contributed by atoms with Gasteiger partial charge in [0.1, 0.15) is 10.6 Å². The third-order valence-electron chi connectivity index (χ3n) is 3.53. The Hall–Kier alpha value is -1.64. The molecule has 1 saturated heterocycles. The number of aliphatic hydroxyl groups is 1. The van der Waals surface area contributed by atoms with Crippen molar-refractivity contribution in [3.63, 3.8) is 0 Å². The van der Waals surface area contributed by atoms with Crippen LogP contribution >= 0.6 is 0 Å². The molecule has 7 nitrogen and oxygen atoms in total. The normalized spacial score (nSPS) is 21.1. The van der Waals surface area contributed by atoms with Crippen LogP contribution in [0.2, 0.25) is 0 Å². The van der Waals surface area contributed by atoms with E-state index in [2.05, 4.69) is 9.50 Å². The van der Waals surface area contributed by atoms with Crippen molar-refractivity contribution in [2.24, 2.45) is 0 Å². The lowest BCUT2D eigenvalue weighted by atomic mass is 10.2. The molecule has 0 unspecified atom stereocenters. The predicted octanol–water partition coefficient (Wildman–Crippen LogP) is 1.17. The molecule has 1 aliphatic rings. The first-order chi connectivity index (χ1) is 10.9. The van der Waals surface area contributed by atoms with Crippen molar-refractivity contribution >= 4 is 16.1 Å². The van der Waals surface area contributed by atoms with Crippen LogP contribution in [0.3, 0.4) is 0 Å². The summed E-state index contributed by atoms with van der Waals surface area (Å²) < 4.78 is 34.1. The fraction of sp³-hybridized carbons (Fsp3) is 0.533. The van der Waals surface area contributed by atoms with Crippen LogP contribution in [-0.2, 0) is 19.1 Å². The zero-order valence-corrected chi connectivity index (χ0v) is 13.8. The Kier molecular flexibility index (Phi) is 5.61. The minimum atomic E-state index is -4.28. The van der Waals surface area contributed by atoms with Gasteiger partial charge < -0.3 is 14.0 Å². The first kappa shape index (κ1) is 17.7. The van der Waals surface area contributed by atoms with E-state index in [4.69, 9.17) is 4.74 Å². The highest BCUT2D eigenvalue weighted by molar-refractivity contribution is 7.87. The van der Waals surface area contributed by atoms with E-state index >= 15 is 0 Å². The van der Waals surface area contributed by atoms with Crippen LogP contribution in [0.25, 0.3) is 0 Å². The van der Waals surface area contributed by atoms with Gasteiger partial charge in [0.05, 0.1) is 6.61 Å². The molecule has 1 atom stereocenters. The van der Waals surface area contributed by atoms with E-state index in [0.717, 1.165) is 12.8 Å². The van der Waals surface area contributed by atoms with Crippen LogP contribution in [0.5, 0.6) is 5.75 Å².